The van der Waals surface area contributed by atoms with Gasteiger partial charge in [0, 0.05) is 5.56 Å². The highest BCUT2D eigenvalue weighted by molar-refractivity contribution is 6.16. The van der Waals surface area contributed by atoms with E-state index >= 15 is 0 Å². The minimum absolute atomic E-state index is 0.105. The topological polar surface area (TPSA) is 46.5 Å². The van der Waals surface area contributed by atoms with Crippen molar-refractivity contribution < 1.29 is 14.6 Å². The number of carboxylic acids is 1. The van der Waals surface area contributed by atoms with E-state index in [1.807, 2.05) is 26.0 Å². The molecule has 0 unspecified atom stereocenters. The summed E-state index contributed by atoms with van der Waals surface area (Å²) in [5, 5.41) is 9.33. The normalized spacial score (nSPS) is 11.1. The molecule has 0 saturated carbocycles. The van der Waals surface area contributed by atoms with E-state index in [4.69, 9.17) is 4.74 Å². The monoisotopic (exact) mass is 262 g/mol. The van der Waals surface area contributed by atoms with Gasteiger partial charge in [0.25, 0.3) is 0 Å². The number of carbonyl (C=O) groups is 1. The second kappa shape index (κ2) is 5.47. The molecule has 0 aromatic heterocycles. The number of rotatable bonds is 3. The lowest BCUT2D eigenvalue weighted by molar-refractivity contribution is -0.130. The summed E-state index contributed by atoms with van der Waals surface area (Å²) in [4.78, 5) is 11.4. The van der Waals surface area contributed by atoms with Gasteiger partial charge in [-0.3, -0.25) is 0 Å². The molecule has 3 nitrogen and oxygen atoms in total. The Morgan fingerprint density at radius 1 is 1.21 bits per heavy atom. The van der Waals surface area contributed by atoms with Crippen LogP contribution in [0.5, 0.6) is 5.75 Å². The van der Waals surface area contributed by atoms with Crippen LogP contribution in [0.4, 0.5) is 0 Å². The van der Waals surface area contributed by atoms with Gasteiger partial charge in [-0.25, -0.2) is 4.79 Å². The fourth-order valence-corrected chi connectivity index (χ4v) is 2.08. The Balaban J connectivity index is 3.50. The standard InChI is InChI=1S/C16H22O3/c1-10(2)14(15(17)18)11-7-8-13(19-6)12(9-11)16(3,4)5/h7-9H,1-6H3,(H,17,18). The molecule has 0 radical (unpaired) electrons. The third-order valence-corrected chi connectivity index (χ3v) is 3.01. The van der Waals surface area contributed by atoms with Crippen LogP contribution < -0.4 is 4.74 Å². The Bertz CT molecular complexity index is 515. The van der Waals surface area contributed by atoms with Gasteiger partial charge in [-0.05, 0) is 37.0 Å². The summed E-state index contributed by atoms with van der Waals surface area (Å²) in [6.07, 6.45) is 0. The number of hydrogen-bond acceptors (Lipinski definition) is 2. The molecule has 1 aromatic rings. The third kappa shape index (κ3) is 3.37. The molecule has 19 heavy (non-hydrogen) atoms. The van der Waals surface area contributed by atoms with Gasteiger partial charge in [0.05, 0.1) is 12.7 Å². The van der Waals surface area contributed by atoms with E-state index in [2.05, 4.69) is 20.8 Å². The molecule has 0 saturated heterocycles. The van der Waals surface area contributed by atoms with E-state index in [1.165, 1.54) is 0 Å². The van der Waals surface area contributed by atoms with Crippen LogP contribution in [-0.4, -0.2) is 18.2 Å². The summed E-state index contributed by atoms with van der Waals surface area (Å²) >= 11 is 0. The second-order valence-electron chi connectivity index (χ2n) is 5.85. The molecule has 0 heterocycles. The van der Waals surface area contributed by atoms with Crippen molar-refractivity contribution in [3.63, 3.8) is 0 Å². The molecule has 3 heteroatoms. The first-order valence-electron chi connectivity index (χ1n) is 6.28. The summed E-state index contributed by atoms with van der Waals surface area (Å²) in [7, 11) is 1.63. The minimum Gasteiger partial charge on any atom is -0.496 e. The molecule has 104 valence electrons. The van der Waals surface area contributed by atoms with Gasteiger partial charge in [-0.15, -0.1) is 0 Å². The van der Waals surface area contributed by atoms with Crippen LogP contribution in [0.2, 0.25) is 0 Å². The molecular formula is C16H22O3. The highest BCUT2D eigenvalue weighted by atomic mass is 16.5. The molecule has 0 aliphatic carbocycles. The maximum Gasteiger partial charge on any atom is 0.336 e. The van der Waals surface area contributed by atoms with Crippen molar-refractivity contribution in [1.29, 1.82) is 0 Å². The Morgan fingerprint density at radius 3 is 2.16 bits per heavy atom. The first kappa shape index (κ1) is 15.3. The fraction of sp³-hybridized carbons (Fsp3) is 0.438. The first-order valence-corrected chi connectivity index (χ1v) is 6.28. The van der Waals surface area contributed by atoms with Crippen LogP contribution in [0.3, 0.4) is 0 Å². The maximum atomic E-state index is 11.4. The third-order valence-electron chi connectivity index (χ3n) is 3.01. The van der Waals surface area contributed by atoms with Crippen LogP contribution >= 0.6 is 0 Å². The van der Waals surface area contributed by atoms with Crippen molar-refractivity contribution in [3.8, 4) is 5.75 Å². The molecule has 0 bridgehead atoms. The number of hydrogen-bond donors (Lipinski definition) is 1. The van der Waals surface area contributed by atoms with Crippen LogP contribution in [0, 0.1) is 0 Å². The molecular weight excluding hydrogens is 240 g/mol. The maximum absolute atomic E-state index is 11.4. The Kier molecular flexibility index (Phi) is 4.40. The number of carboxylic acid groups (broad SMARTS) is 1. The van der Waals surface area contributed by atoms with Crippen molar-refractivity contribution in [1.82, 2.24) is 0 Å². The summed E-state index contributed by atoms with van der Waals surface area (Å²) in [5.74, 6) is -0.111. The van der Waals surface area contributed by atoms with Crippen molar-refractivity contribution in [2.24, 2.45) is 0 Å². The fourth-order valence-electron chi connectivity index (χ4n) is 2.08. The number of benzene rings is 1. The summed E-state index contributed by atoms with van der Waals surface area (Å²) in [5.41, 5.74) is 2.77. The summed E-state index contributed by atoms with van der Waals surface area (Å²) in [6, 6.07) is 5.54. The average Bonchev–Trinajstić information content (AvgIpc) is 2.26. The van der Waals surface area contributed by atoms with E-state index in [9.17, 15) is 9.90 Å². The highest BCUT2D eigenvalue weighted by Gasteiger charge is 2.21. The van der Waals surface area contributed by atoms with Gasteiger partial charge in [0.1, 0.15) is 5.75 Å². The van der Waals surface area contributed by atoms with Gasteiger partial charge >= 0.3 is 5.97 Å². The van der Waals surface area contributed by atoms with Crippen LogP contribution in [-0.2, 0) is 10.2 Å². The van der Waals surface area contributed by atoms with Gasteiger partial charge < -0.3 is 9.84 Å². The van der Waals surface area contributed by atoms with Crippen molar-refractivity contribution >= 4 is 11.5 Å². The number of allylic oxidation sites excluding steroid dienone is 1. The van der Waals surface area contributed by atoms with E-state index in [0.717, 1.165) is 22.4 Å². The molecule has 0 spiro atoms. The predicted octanol–water partition coefficient (Wildman–Crippen LogP) is 3.87. The van der Waals surface area contributed by atoms with Crippen molar-refractivity contribution in [2.75, 3.05) is 7.11 Å². The zero-order valence-corrected chi connectivity index (χ0v) is 12.5. The van der Waals surface area contributed by atoms with Crippen molar-refractivity contribution in [3.05, 3.63) is 34.9 Å². The quantitative estimate of drug-likeness (QED) is 0.841. The molecule has 1 rings (SSSR count). The van der Waals surface area contributed by atoms with Crippen LogP contribution in [0.25, 0.3) is 5.57 Å². The molecule has 1 aromatic carbocycles. The molecule has 0 atom stereocenters. The number of ether oxygens (including phenoxy) is 1. The first-order chi connectivity index (χ1) is 8.68. The summed E-state index contributed by atoms with van der Waals surface area (Å²) < 4.78 is 5.36. The van der Waals surface area contributed by atoms with E-state index in [0.29, 0.717) is 5.57 Å². The van der Waals surface area contributed by atoms with Gasteiger partial charge in [0.2, 0.25) is 0 Å². The van der Waals surface area contributed by atoms with Gasteiger partial charge in [-0.1, -0.05) is 32.4 Å². The summed E-state index contributed by atoms with van der Waals surface area (Å²) in [6.45, 7) is 9.86. The van der Waals surface area contributed by atoms with E-state index in [1.54, 1.807) is 13.2 Å². The SMILES string of the molecule is COc1ccc(C(C(=O)O)=C(C)C)cc1C(C)(C)C. The van der Waals surface area contributed by atoms with Gasteiger partial charge in [0.15, 0.2) is 0 Å². The molecule has 0 aliphatic rings. The Labute approximate surface area is 114 Å². The van der Waals surface area contributed by atoms with Crippen LogP contribution in [0.1, 0.15) is 45.7 Å². The van der Waals surface area contributed by atoms with Crippen molar-refractivity contribution in [2.45, 2.75) is 40.0 Å². The van der Waals surface area contributed by atoms with Crippen LogP contribution in [0.15, 0.2) is 23.8 Å². The van der Waals surface area contributed by atoms with E-state index in [-0.39, 0.29) is 5.41 Å². The second-order valence-corrected chi connectivity index (χ2v) is 5.85. The Morgan fingerprint density at radius 2 is 1.79 bits per heavy atom. The number of aliphatic carboxylic acids is 1. The zero-order chi connectivity index (χ0) is 14.8. The zero-order valence-electron chi connectivity index (χ0n) is 12.5. The molecule has 0 aliphatic heterocycles. The highest BCUT2D eigenvalue weighted by Crippen LogP contribution is 2.34. The smallest absolute Gasteiger partial charge is 0.336 e. The molecule has 0 amide bonds. The molecule has 0 fully saturated rings. The lowest BCUT2D eigenvalue weighted by atomic mass is 9.84. The Hall–Kier alpha value is -1.77. The number of methoxy groups -OCH3 is 1. The average molecular weight is 262 g/mol. The molecule has 1 N–H and O–H groups in total. The van der Waals surface area contributed by atoms with Gasteiger partial charge in [-0.2, -0.15) is 0 Å². The predicted molar refractivity (Wildman–Crippen MR) is 77.6 cm³/mol. The lowest BCUT2D eigenvalue weighted by Crippen LogP contribution is -2.14. The lowest BCUT2D eigenvalue weighted by Gasteiger charge is -2.23. The van der Waals surface area contributed by atoms with E-state index < -0.39 is 5.97 Å². The largest absolute Gasteiger partial charge is 0.496 e. The minimum atomic E-state index is -0.898.